The number of aliphatic imine (C=N–C) groups is 1. The average Bonchev–Trinajstić information content (AvgIpc) is 2.71. The summed E-state index contributed by atoms with van der Waals surface area (Å²) in [6.45, 7) is 5.74. The molecule has 1 aliphatic carbocycles. The number of nitrogens with two attached hydrogens (primary N) is 1. The van der Waals surface area contributed by atoms with E-state index in [-0.39, 0.29) is 55.4 Å². The third kappa shape index (κ3) is 5.35. The third-order valence-corrected chi connectivity index (χ3v) is 5.85. The maximum Gasteiger partial charge on any atom is 0.416 e. The van der Waals surface area contributed by atoms with Gasteiger partial charge in [0.1, 0.15) is 5.78 Å². The zero-order chi connectivity index (χ0) is 24.4. The predicted molar refractivity (Wildman–Crippen MR) is 117 cm³/mol. The minimum atomic E-state index is -4.67. The number of hydrogen-bond donors (Lipinski definition) is 1. The summed E-state index contributed by atoms with van der Waals surface area (Å²) in [6, 6.07) is 5.04. The number of benzene rings is 1. The predicted octanol–water partition coefficient (Wildman–Crippen LogP) is 4.04. The summed E-state index contributed by atoms with van der Waals surface area (Å²) in [5, 5.41) is 0. The molecule has 0 amide bonds. The normalized spacial score (nSPS) is 22.6. The Kier molecular flexibility index (Phi) is 7.43. The Morgan fingerprint density at radius 1 is 1.21 bits per heavy atom. The number of carbonyl (C=O) groups excluding carboxylic acids is 2. The molecule has 3 rings (SSSR count). The van der Waals surface area contributed by atoms with Crippen LogP contribution in [0.25, 0.3) is 0 Å². The van der Waals surface area contributed by atoms with Gasteiger partial charge in [-0.1, -0.05) is 32.0 Å². The summed E-state index contributed by atoms with van der Waals surface area (Å²) in [6.07, 6.45) is -4.07. The van der Waals surface area contributed by atoms with Crippen LogP contribution < -0.4 is 5.73 Å². The van der Waals surface area contributed by atoms with Crippen LogP contribution in [0.5, 0.6) is 0 Å². The monoisotopic (exact) mass is 466 g/mol. The Labute approximate surface area is 191 Å². The lowest BCUT2D eigenvalue weighted by Gasteiger charge is -2.41. The summed E-state index contributed by atoms with van der Waals surface area (Å²) < 4.78 is 52.7. The van der Waals surface area contributed by atoms with Crippen molar-refractivity contribution in [3.63, 3.8) is 0 Å². The third-order valence-electron chi connectivity index (χ3n) is 5.85. The number of esters is 1. The number of nitrogens with zero attached hydrogens (tertiary/aromatic N) is 1. The Balaban J connectivity index is 2.27. The van der Waals surface area contributed by atoms with Gasteiger partial charge < -0.3 is 15.2 Å². The van der Waals surface area contributed by atoms with E-state index in [1.54, 1.807) is 6.92 Å². The first kappa shape index (κ1) is 25.1. The number of Topliss-reactive ketones (excluding diaryl/α,β-unsaturated/α-hetero) is 1. The van der Waals surface area contributed by atoms with Crippen LogP contribution in [-0.2, 0) is 25.2 Å². The maximum absolute atomic E-state index is 14.0. The Hall–Kier alpha value is -2.52. The molecule has 2 atom stereocenters. The van der Waals surface area contributed by atoms with E-state index in [1.165, 1.54) is 18.2 Å². The van der Waals surface area contributed by atoms with Crippen LogP contribution in [0.1, 0.15) is 50.7 Å². The molecular formula is C24H29F3N2O4. The largest absolute Gasteiger partial charge is 0.463 e. The molecule has 180 valence electrons. The van der Waals surface area contributed by atoms with Crippen LogP contribution in [-0.4, -0.2) is 43.8 Å². The highest BCUT2D eigenvalue weighted by molar-refractivity contribution is 6.12. The number of carbonyl (C=O) groups is 2. The van der Waals surface area contributed by atoms with Crippen LogP contribution in [0.15, 0.2) is 40.5 Å². The molecule has 1 fully saturated rings. The number of halogens is 3. The minimum Gasteiger partial charge on any atom is -0.463 e. The molecule has 1 aromatic carbocycles. The molecule has 1 aliphatic heterocycles. The van der Waals surface area contributed by atoms with Crippen LogP contribution in [0.4, 0.5) is 13.2 Å². The summed E-state index contributed by atoms with van der Waals surface area (Å²) in [4.78, 5) is 31.0. The Morgan fingerprint density at radius 3 is 2.55 bits per heavy atom. The number of ketones is 1. The van der Waals surface area contributed by atoms with E-state index in [1.807, 2.05) is 13.8 Å². The van der Waals surface area contributed by atoms with E-state index in [0.717, 1.165) is 6.07 Å². The van der Waals surface area contributed by atoms with Crippen molar-refractivity contribution in [3.8, 4) is 0 Å². The molecule has 2 N–H and O–H groups in total. The van der Waals surface area contributed by atoms with Gasteiger partial charge in [-0.05, 0) is 30.4 Å². The zero-order valence-corrected chi connectivity index (χ0v) is 19.0. The van der Waals surface area contributed by atoms with Gasteiger partial charge in [-0.3, -0.25) is 9.79 Å². The van der Waals surface area contributed by atoms with Gasteiger partial charge in [0, 0.05) is 24.6 Å². The molecule has 1 aromatic rings. The average molecular weight is 467 g/mol. The lowest BCUT2D eigenvalue weighted by Crippen LogP contribution is -2.45. The number of fused-ring (bicyclic) bond motifs is 1. The number of ether oxygens (including phenoxy) is 2. The highest BCUT2D eigenvalue weighted by Gasteiger charge is 2.50. The second-order valence-corrected chi connectivity index (χ2v) is 9.05. The highest BCUT2D eigenvalue weighted by atomic mass is 19.4. The fourth-order valence-electron chi connectivity index (χ4n) is 4.67. The van der Waals surface area contributed by atoms with Crippen molar-refractivity contribution in [3.05, 3.63) is 46.7 Å². The SMILES string of the molecule is CCOC(=O)C1=C(COCCN)N=C2CC(C)(C)CC(=O)C2C1c1ccccc1C(F)(F)F. The molecule has 2 unspecified atom stereocenters. The quantitative estimate of drug-likeness (QED) is 0.484. The molecular weight excluding hydrogens is 437 g/mol. The fourth-order valence-corrected chi connectivity index (χ4v) is 4.67. The summed E-state index contributed by atoms with van der Waals surface area (Å²) in [7, 11) is 0. The van der Waals surface area contributed by atoms with Crippen molar-refractivity contribution in [1.29, 1.82) is 0 Å². The molecule has 0 spiro atoms. The summed E-state index contributed by atoms with van der Waals surface area (Å²) in [5.74, 6) is -3.18. The van der Waals surface area contributed by atoms with Gasteiger partial charge >= 0.3 is 12.1 Å². The molecule has 2 aliphatic rings. The molecule has 0 saturated heterocycles. The fraction of sp³-hybridized carbons (Fsp3) is 0.542. The topological polar surface area (TPSA) is 91.0 Å². The van der Waals surface area contributed by atoms with Gasteiger partial charge in [0.15, 0.2) is 0 Å². The molecule has 9 heteroatoms. The van der Waals surface area contributed by atoms with Crippen molar-refractivity contribution in [2.24, 2.45) is 22.1 Å². The van der Waals surface area contributed by atoms with Crippen LogP contribution in [0.2, 0.25) is 0 Å². The van der Waals surface area contributed by atoms with Crippen molar-refractivity contribution in [2.75, 3.05) is 26.4 Å². The second kappa shape index (κ2) is 9.77. The van der Waals surface area contributed by atoms with Crippen LogP contribution in [0, 0.1) is 11.3 Å². The summed E-state index contributed by atoms with van der Waals surface area (Å²) in [5.41, 5.74) is 4.65. The van der Waals surface area contributed by atoms with E-state index in [9.17, 15) is 22.8 Å². The minimum absolute atomic E-state index is 0.0229. The van der Waals surface area contributed by atoms with Gasteiger partial charge in [-0.15, -0.1) is 0 Å². The molecule has 0 bridgehead atoms. The lowest BCUT2D eigenvalue weighted by molar-refractivity contribution is -0.141. The lowest BCUT2D eigenvalue weighted by atomic mass is 9.63. The molecule has 0 radical (unpaired) electrons. The summed E-state index contributed by atoms with van der Waals surface area (Å²) >= 11 is 0. The van der Waals surface area contributed by atoms with E-state index >= 15 is 0 Å². The van der Waals surface area contributed by atoms with Gasteiger partial charge in [0.2, 0.25) is 0 Å². The van der Waals surface area contributed by atoms with Crippen LogP contribution in [0.3, 0.4) is 0 Å². The smallest absolute Gasteiger partial charge is 0.416 e. The second-order valence-electron chi connectivity index (χ2n) is 9.05. The Morgan fingerprint density at radius 2 is 1.91 bits per heavy atom. The maximum atomic E-state index is 14.0. The molecule has 33 heavy (non-hydrogen) atoms. The van der Waals surface area contributed by atoms with E-state index in [2.05, 4.69) is 4.99 Å². The number of rotatable bonds is 7. The van der Waals surface area contributed by atoms with Crippen molar-refractivity contribution in [1.82, 2.24) is 0 Å². The molecule has 1 saturated carbocycles. The first-order chi connectivity index (χ1) is 15.5. The van der Waals surface area contributed by atoms with Crippen LogP contribution >= 0.6 is 0 Å². The van der Waals surface area contributed by atoms with Gasteiger partial charge in [0.05, 0.1) is 42.6 Å². The van der Waals surface area contributed by atoms with E-state index in [4.69, 9.17) is 15.2 Å². The molecule has 0 aromatic heterocycles. The van der Waals surface area contributed by atoms with Crippen molar-refractivity contribution >= 4 is 17.5 Å². The van der Waals surface area contributed by atoms with E-state index < -0.39 is 35.0 Å². The standard InChI is InChI=1S/C24H29F3N2O4/c1-4-33-22(31)21-17(13-32-10-9-28)29-16-11-23(2,3)12-18(30)20(16)19(21)14-7-5-6-8-15(14)24(25,26)27/h5-8,19-20H,4,9-13,28H2,1-3H3. The van der Waals surface area contributed by atoms with Gasteiger partial charge in [0.25, 0.3) is 0 Å². The molecule has 6 nitrogen and oxygen atoms in total. The Bertz CT molecular complexity index is 982. The molecule has 1 heterocycles. The van der Waals surface area contributed by atoms with Crippen molar-refractivity contribution in [2.45, 2.75) is 45.7 Å². The van der Waals surface area contributed by atoms with E-state index in [0.29, 0.717) is 12.1 Å². The first-order valence-corrected chi connectivity index (χ1v) is 10.9. The highest BCUT2D eigenvalue weighted by Crippen LogP contribution is 2.49. The number of hydrogen-bond acceptors (Lipinski definition) is 6. The van der Waals surface area contributed by atoms with Gasteiger partial charge in [-0.25, -0.2) is 4.79 Å². The van der Waals surface area contributed by atoms with Gasteiger partial charge in [-0.2, -0.15) is 13.2 Å². The first-order valence-electron chi connectivity index (χ1n) is 10.9. The van der Waals surface area contributed by atoms with Crippen molar-refractivity contribution < 1.29 is 32.2 Å². The zero-order valence-electron chi connectivity index (χ0n) is 19.0. The number of alkyl halides is 3.